The van der Waals surface area contributed by atoms with Gasteiger partial charge in [0.15, 0.2) is 5.13 Å². The van der Waals surface area contributed by atoms with E-state index in [0.717, 1.165) is 17.2 Å². The first-order valence-corrected chi connectivity index (χ1v) is 8.43. The fourth-order valence-electron chi connectivity index (χ4n) is 2.73. The van der Waals surface area contributed by atoms with E-state index in [1.165, 1.54) is 21.2 Å². The molecule has 112 valence electrons. The molecule has 0 aliphatic rings. The van der Waals surface area contributed by atoms with E-state index in [-0.39, 0.29) is 0 Å². The number of nitrogens with zero attached hydrogens (tertiary/aromatic N) is 1. The molecule has 0 bridgehead atoms. The molecule has 0 spiro atoms. The van der Waals surface area contributed by atoms with Gasteiger partial charge in [-0.15, -0.1) is 11.3 Å². The lowest BCUT2D eigenvalue weighted by Gasteiger charge is -2.04. The van der Waals surface area contributed by atoms with Crippen LogP contribution in [0.25, 0.3) is 10.8 Å². The highest BCUT2D eigenvalue weighted by Gasteiger charge is 2.06. The van der Waals surface area contributed by atoms with E-state index < -0.39 is 0 Å². The lowest BCUT2D eigenvalue weighted by atomic mass is 10.0. The Labute approximate surface area is 139 Å². The first-order valence-electron chi connectivity index (χ1n) is 7.62. The normalized spacial score (nSPS) is 10.8. The summed E-state index contributed by atoms with van der Waals surface area (Å²) in [6.07, 6.45) is 2.88. The molecule has 0 fully saturated rings. The van der Waals surface area contributed by atoms with E-state index in [0.29, 0.717) is 0 Å². The number of nitrogens with one attached hydrogen (secondary N) is 1. The third kappa shape index (κ3) is 3.10. The van der Waals surface area contributed by atoms with Gasteiger partial charge < -0.3 is 5.32 Å². The van der Waals surface area contributed by atoms with Crippen molar-refractivity contribution in [3.8, 4) is 0 Å². The highest BCUT2D eigenvalue weighted by molar-refractivity contribution is 7.15. The topological polar surface area (TPSA) is 24.9 Å². The Morgan fingerprint density at radius 2 is 1.61 bits per heavy atom. The van der Waals surface area contributed by atoms with E-state index in [4.69, 9.17) is 0 Å². The third-order valence-corrected chi connectivity index (χ3v) is 4.74. The van der Waals surface area contributed by atoms with Gasteiger partial charge in [-0.25, -0.2) is 4.98 Å². The number of para-hydroxylation sites is 1. The Kier molecular flexibility index (Phi) is 3.78. The highest BCUT2D eigenvalue weighted by atomic mass is 32.1. The van der Waals surface area contributed by atoms with Crippen molar-refractivity contribution in [3.05, 3.63) is 89.4 Å². The van der Waals surface area contributed by atoms with Crippen molar-refractivity contribution in [1.29, 1.82) is 0 Å². The molecule has 23 heavy (non-hydrogen) atoms. The summed E-state index contributed by atoms with van der Waals surface area (Å²) < 4.78 is 0. The van der Waals surface area contributed by atoms with Crippen LogP contribution < -0.4 is 5.32 Å². The lowest BCUT2D eigenvalue weighted by molar-refractivity contribution is 1.24. The van der Waals surface area contributed by atoms with Gasteiger partial charge in [-0.2, -0.15) is 0 Å². The maximum atomic E-state index is 4.50. The van der Waals surface area contributed by atoms with Crippen molar-refractivity contribution < 1.29 is 0 Å². The van der Waals surface area contributed by atoms with Crippen LogP contribution in [0.4, 0.5) is 10.8 Å². The second-order valence-electron chi connectivity index (χ2n) is 5.44. The fourth-order valence-corrected chi connectivity index (χ4v) is 3.58. The molecule has 1 aromatic heterocycles. The predicted molar refractivity (Wildman–Crippen MR) is 98.6 cm³/mol. The summed E-state index contributed by atoms with van der Waals surface area (Å²) in [5, 5.41) is 6.90. The van der Waals surface area contributed by atoms with Crippen molar-refractivity contribution >= 4 is 32.9 Å². The van der Waals surface area contributed by atoms with Crippen molar-refractivity contribution in [2.24, 2.45) is 0 Å². The highest BCUT2D eigenvalue weighted by Crippen LogP contribution is 2.27. The fraction of sp³-hybridized carbons (Fsp3) is 0.0500. The zero-order valence-electron chi connectivity index (χ0n) is 12.6. The Balaban J connectivity index is 1.57. The van der Waals surface area contributed by atoms with Crippen LogP contribution >= 0.6 is 11.3 Å². The summed E-state index contributed by atoms with van der Waals surface area (Å²) in [7, 11) is 0. The minimum absolute atomic E-state index is 0.912. The maximum absolute atomic E-state index is 4.50. The molecule has 1 heterocycles. The van der Waals surface area contributed by atoms with Crippen molar-refractivity contribution in [2.45, 2.75) is 6.42 Å². The Hall–Kier alpha value is -2.65. The molecule has 4 rings (SSSR count). The molecule has 2 nitrogen and oxygen atoms in total. The van der Waals surface area contributed by atoms with Gasteiger partial charge in [0.05, 0.1) is 0 Å². The minimum Gasteiger partial charge on any atom is -0.332 e. The van der Waals surface area contributed by atoms with E-state index in [1.54, 1.807) is 11.3 Å². The Bertz CT molecular complexity index is 923. The van der Waals surface area contributed by atoms with Crippen LogP contribution in [0.15, 0.2) is 79.0 Å². The van der Waals surface area contributed by atoms with Gasteiger partial charge in [0, 0.05) is 23.2 Å². The standard InChI is InChI=1S/C20H16N2S/c1-2-10-17(11-3-1)22-20-21-14-18(23-20)13-16-9-6-8-15-7-4-5-12-19(15)16/h1-12,14H,13H2,(H,21,22). The number of anilines is 2. The van der Waals surface area contributed by atoms with Gasteiger partial charge in [-0.05, 0) is 28.5 Å². The first-order chi connectivity index (χ1) is 11.4. The molecular weight excluding hydrogens is 300 g/mol. The maximum Gasteiger partial charge on any atom is 0.187 e. The van der Waals surface area contributed by atoms with Crippen LogP contribution in [-0.4, -0.2) is 4.98 Å². The van der Waals surface area contributed by atoms with Crippen LogP contribution in [-0.2, 0) is 6.42 Å². The van der Waals surface area contributed by atoms with Crippen LogP contribution in [0.5, 0.6) is 0 Å². The molecule has 0 saturated carbocycles. The summed E-state index contributed by atoms with van der Waals surface area (Å²) in [4.78, 5) is 5.76. The molecule has 4 aromatic rings. The van der Waals surface area contributed by atoms with Crippen molar-refractivity contribution in [3.63, 3.8) is 0 Å². The van der Waals surface area contributed by atoms with Gasteiger partial charge in [0.1, 0.15) is 0 Å². The summed E-state index contributed by atoms with van der Waals surface area (Å²) in [6.45, 7) is 0. The molecule has 3 aromatic carbocycles. The zero-order chi connectivity index (χ0) is 15.5. The van der Waals surface area contributed by atoms with Crippen LogP contribution in [0, 0.1) is 0 Å². The molecule has 0 atom stereocenters. The van der Waals surface area contributed by atoms with E-state index in [1.807, 2.05) is 36.5 Å². The van der Waals surface area contributed by atoms with Gasteiger partial charge in [0.25, 0.3) is 0 Å². The Morgan fingerprint density at radius 3 is 2.52 bits per heavy atom. The monoisotopic (exact) mass is 316 g/mol. The van der Waals surface area contributed by atoms with Gasteiger partial charge in [0.2, 0.25) is 0 Å². The largest absolute Gasteiger partial charge is 0.332 e. The number of hydrogen-bond acceptors (Lipinski definition) is 3. The van der Waals surface area contributed by atoms with Gasteiger partial charge >= 0.3 is 0 Å². The number of aromatic nitrogens is 1. The number of rotatable bonds is 4. The SMILES string of the molecule is c1ccc(Nc2ncc(Cc3cccc4ccccc34)s2)cc1. The molecule has 0 saturated heterocycles. The molecule has 0 aliphatic carbocycles. The molecule has 0 aliphatic heterocycles. The number of hydrogen-bond donors (Lipinski definition) is 1. The summed E-state index contributed by atoms with van der Waals surface area (Å²) >= 11 is 1.71. The molecule has 3 heteroatoms. The van der Waals surface area contributed by atoms with E-state index in [9.17, 15) is 0 Å². The number of thiazole rings is 1. The average molecular weight is 316 g/mol. The molecule has 0 unspecified atom stereocenters. The van der Waals surface area contributed by atoms with Crippen LogP contribution in [0.3, 0.4) is 0 Å². The molecule has 0 amide bonds. The third-order valence-electron chi connectivity index (χ3n) is 3.82. The average Bonchev–Trinajstić information content (AvgIpc) is 3.03. The molecule has 0 radical (unpaired) electrons. The lowest BCUT2D eigenvalue weighted by Crippen LogP contribution is -1.87. The molecule has 1 N–H and O–H groups in total. The van der Waals surface area contributed by atoms with E-state index in [2.05, 4.69) is 52.8 Å². The summed E-state index contributed by atoms with van der Waals surface area (Å²) in [5.41, 5.74) is 2.41. The number of fused-ring (bicyclic) bond motifs is 1. The first kappa shape index (κ1) is 14.0. The smallest absolute Gasteiger partial charge is 0.187 e. The summed E-state index contributed by atoms with van der Waals surface area (Å²) in [6, 6.07) is 25.2. The van der Waals surface area contributed by atoms with E-state index >= 15 is 0 Å². The predicted octanol–water partition coefficient (Wildman–Crippen LogP) is 5.63. The second-order valence-corrected chi connectivity index (χ2v) is 6.55. The van der Waals surface area contributed by atoms with Gasteiger partial charge in [-0.3, -0.25) is 0 Å². The molecular formula is C20H16N2S. The van der Waals surface area contributed by atoms with Crippen molar-refractivity contribution in [1.82, 2.24) is 4.98 Å². The zero-order valence-corrected chi connectivity index (χ0v) is 13.4. The number of benzene rings is 3. The van der Waals surface area contributed by atoms with Crippen LogP contribution in [0.2, 0.25) is 0 Å². The summed E-state index contributed by atoms with van der Waals surface area (Å²) in [5.74, 6) is 0. The van der Waals surface area contributed by atoms with Gasteiger partial charge in [-0.1, -0.05) is 60.7 Å². The van der Waals surface area contributed by atoms with Crippen molar-refractivity contribution in [2.75, 3.05) is 5.32 Å². The minimum atomic E-state index is 0.912. The second kappa shape index (κ2) is 6.23. The quantitative estimate of drug-likeness (QED) is 0.527. The van der Waals surface area contributed by atoms with Crippen LogP contribution in [0.1, 0.15) is 10.4 Å². The Morgan fingerprint density at radius 1 is 0.826 bits per heavy atom.